The Hall–Kier alpha value is -2.17. The lowest BCUT2D eigenvalue weighted by Gasteiger charge is -2.42. The highest BCUT2D eigenvalue weighted by molar-refractivity contribution is 7.16. The highest BCUT2D eigenvalue weighted by atomic mass is 32.1. The molecule has 0 spiro atoms. The number of hydrogen-bond acceptors (Lipinski definition) is 7. The van der Waals surface area contributed by atoms with Crippen molar-refractivity contribution in [1.82, 2.24) is 14.8 Å². The van der Waals surface area contributed by atoms with E-state index in [1.165, 1.54) is 0 Å². The number of hydrogen-bond donors (Lipinski definition) is 1. The molecule has 6 nitrogen and oxygen atoms in total. The van der Waals surface area contributed by atoms with E-state index in [0.717, 1.165) is 25.9 Å². The molecule has 0 saturated carbocycles. The number of thiazole rings is 1. The number of nitrogens with one attached hydrogen (secondary N) is 1. The van der Waals surface area contributed by atoms with E-state index >= 15 is 0 Å². The second kappa shape index (κ2) is 9.13. The fourth-order valence-corrected chi connectivity index (χ4v) is 4.90. The summed E-state index contributed by atoms with van der Waals surface area (Å²) in [5.74, 6) is 0.498. The molecule has 0 amide bonds. The minimum atomic E-state index is -4.50. The van der Waals surface area contributed by atoms with Crippen LogP contribution in [0.5, 0.6) is 0 Å². The van der Waals surface area contributed by atoms with Gasteiger partial charge in [0.2, 0.25) is 5.01 Å². The number of benzene rings is 1. The molecule has 0 aliphatic carbocycles. The smallest absolute Gasteiger partial charge is 0.385 e. The largest absolute Gasteiger partial charge is 0.443 e. The summed E-state index contributed by atoms with van der Waals surface area (Å²) in [6.45, 7) is 5.94. The molecule has 0 bridgehead atoms. The zero-order valence-electron chi connectivity index (χ0n) is 17.6. The van der Waals surface area contributed by atoms with Gasteiger partial charge in [-0.15, -0.1) is 0 Å². The van der Waals surface area contributed by atoms with Gasteiger partial charge in [0.15, 0.2) is 5.84 Å². The van der Waals surface area contributed by atoms with Crippen LogP contribution in [0.15, 0.2) is 29.3 Å². The summed E-state index contributed by atoms with van der Waals surface area (Å²) in [5, 5.41) is 2.64. The molecule has 2 aliphatic heterocycles. The molecule has 10 heteroatoms. The molecule has 4 rings (SSSR count). The van der Waals surface area contributed by atoms with Crippen molar-refractivity contribution in [2.75, 3.05) is 45.2 Å². The summed E-state index contributed by atoms with van der Waals surface area (Å²) in [6.07, 6.45) is -2.59. The number of methoxy groups -OCH3 is 1. The van der Waals surface area contributed by atoms with Crippen molar-refractivity contribution in [2.24, 2.45) is 4.99 Å². The first kappa shape index (κ1) is 22.0. The maximum Gasteiger partial charge on any atom is 0.443 e. The topological polar surface area (TPSA) is 53.0 Å². The van der Waals surface area contributed by atoms with E-state index in [4.69, 9.17) is 9.73 Å². The lowest BCUT2D eigenvalue weighted by atomic mass is 10.1. The number of aromatic nitrogens is 1. The molecule has 31 heavy (non-hydrogen) atoms. The number of aliphatic imine (C=N–C) groups is 1. The molecule has 1 saturated heterocycles. The highest BCUT2D eigenvalue weighted by Crippen LogP contribution is 2.42. The Morgan fingerprint density at radius 3 is 2.81 bits per heavy atom. The van der Waals surface area contributed by atoms with Gasteiger partial charge in [0.05, 0.1) is 11.4 Å². The number of alkyl halides is 3. The van der Waals surface area contributed by atoms with Crippen molar-refractivity contribution in [2.45, 2.75) is 32.0 Å². The highest BCUT2D eigenvalue weighted by Gasteiger charge is 2.39. The molecule has 1 aromatic carbocycles. The number of para-hydroxylation sites is 2. The van der Waals surface area contributed by atoms with Gasteiger partial charge in [-0.1, -0.05) is 30.4 Å². The molecule has 1 atom stereocenters. The number of rotatable bonds is 5. The molecule has 168 valence electrons. The molecule has 1 N–H and O–H groups in total. The maximum atomic E-state index is 13.4. The van der Waals surface area contributed by atoms with Crippen LogP contribution in [0.3, 0.4) is 0 Å². The van der Waals surface area contributed by atoms with E-state index in [-0.39, 0.29) is 11.7 Å². The molecule has 2 aromatic rings. The first-order valence-electron chi connectivity index (χ1n) is 10.4. The number of anilines is 2. The van der Waals surface area contributed by atoms with Crippen LogP contribution in [0, 0.1) is 0 Å². The molecule has 0 unspecified atom stereocenters. The van der Waals surface area contributed by atoms with Crippen LogP contribution in [-0.4, -0.2) is 66.6 Å². The van der Waals surface area contributed by atoms with Crippen molar-refractivity contribution in [3.8, 4) is 0 Å². The standard InChI is InChI=1S/C21H26F3N5OS/c1-3-9-28-10-11-29(13-14(28)8-12-30-2)18-17-19(31-20(27-17)21(22,23)24)26-16-7-5-4-6-15(16)25-18/h4-7,14,26H,3,8-13H2,1-2H3/t14-/m0/s1. The quantitative estimate of drug-likeness (QED) is 0.710. The number of amidine groups is 1. The Morgan fingerprint density at radius 2 is 2.06 bits per heavy atom. The average molecular weight is 454 g/mol. The van der Waals surface area contributed by atoms with Gasteiger partial charge in [0.25, 0.3) is 0 Å². The number of fused-ring (bicyclic) bond motifs is 2. The zero-order chi connectivity index (χ0) is 22.0. The Balaban J connectivity index is 1.72. The molecule has 1 fully saturated rings. The summed E-state index contributed by atoms with van der Waals surface area (Å²) in [6, 6.07) is 7.63. The van der Waals surface area contributed by atoms with Crippen molar-refractivity contribution in [3.05, 3.63) is 35.0 Å². The second-order valence-corrected chi connectivity index (χ2v) is 8.69. The minimum Gasteiger partial charge on any atom is -0.385 e. The van der Waals surface area contributed by atoms with Gasteiger partial charge < -0.3 is 15.0 Å². The Labute approximate surface area is 183 Å². The summed E-state index contributed by atoms with van der Waals surface area (Å²) >= 11 is 0.625. The normalized spacial score (nSPS) is 19.3. The van der Waals surface area contributed by atoms with Crippen LogP contribution in [0.25, 0.3) is 0 Å². The molecule has 3 heterocycles. The molecular formula is C21H26F3N5OS. The maximum absolute atomic E-state index is 13.4. The first-order chi connectivity index (χ1) is 14.9. The Morgan fingerprint density at radius 1 is 1.26 bits per heavy atom. The third kappa shape index (κ3) is 4.70. The fourth-order valence-electron chi connectivity index (χ4n) is 4.06. The zero-order valence-corrected chi connectivity index (χ0v) is 18.4. The Bertz CT molecular complexity index is 945. The predicted molar refractivity (Wildman–Crippen MR) is 117 cm³/mol. The predicted octanol–water partition coefficient (Wildman–Crippen LogP) is 4.73. The summed E-state index contributed by atoms with van der Waals surface area (Å²) in [5.41, 5.74) is 1.64. The van der Waals surface area contributed by atoms with Crippen LogP contribution in [0.4, 0.5) is 29.5 Å². The number of ether oxygens (including phenoxy) is 1. The van der Waals surface area contributed by atoms with Gasteiger partial charge in [-0.3, -0.25) is 4.90 Å². The lowest BCUT2D eigenvalue weighted by Crippen LogP contribution is -2.55. The van der Waals surface area contributed by atoms with Crippen molar-refractivity contribution >= 4 is 33.5 Å². The van der Waals surface area contributed by atoms with Crippen molar-refractivity contribution in [1.29, 1.82) is 0 Å². The van der Waals surface area contributed by atoms with Gasteiger partial charge in [-0.2, -0.15) is 13.2 Å². The third-order valence-electron chi connectivity index (χ3n) is 5.53. The first-order valence-corrected chi connectivity index (χ1v) is 11.2. The van der Waals surface area contributed by atoms with Gasteiger partial charge in [0.1, 0.15) is 10.7 Å². The minimum absolute atomic E-state index is 0.243. The molecular weight excluding hydrogens is 427 g/mol. The van der Waals surface area contributed by atoms with Gasteiger partial charge in [0, 0.05) is 39.4 Å². The summed E-state index contributed by atoms with van der Waals surface area (Å²) in [4.78, 5) is 13.3. The SMILES string of the molecule is CCCN1CCN(C2=Nc3ccccc3Nc3sc(C(F)(F)F)nc32)C[C@@H]1CCOC. The van der Waals surface area contributed by atoms with Gasteiger partial charge in [-0.25, -0.2) is 9.98 Å². The molecule has 0 radical (unpaired) electrons. The van der Waals surface area contributed by atoms with Gasteiger partial charge >= 0.3 is 6.18 Å². The third-order valence-corrected chi connectivity index (χ3v) is 6.55. The van der Waals surface area contributed by atoms with Crippen molar-refractivity contribution < 1.29 is 17.9 Å². The van der Waals surface area contributed by atoms with Crippen LogP contribution in [-0.2, 0) is 10.9 Å². The monoisotopic (exact) mass is 453 g/mol. The van der Waals surface area contributed by atoms with E-state index in [1.807, 2.05) is 24.3 Å². The van der Waals surface area contributed by atoms with Gasteiger partial charge in [-0.05, 0) is 31.5 Å². The van der Waals surface area contributed by atoms with E-state index in [2.05, 4.69) is 27.0 Å². The summed E-state index contributed by atoms with van der Waals surface area (Å²) in [7, 11) is 1.68. The van der Waals surface area contributed by atoms with Crippen LogP contribution < -0.4 is 5.32 Å². The summed E-state index contributed by atoms with van der Waals surface area (Å²) < 4.78 is 45.6. The van der Waals surface area contributed by atoms with Crippen molar-refractivity contribution in [3.63, 3.8) is 0 Å². The number of halogens is 3. The lowest BCUT2D eigenvalue weighted by molar-refractivity contribution is -0.137. The molecule has 2 aliphatic rings. The molecule has 1 aromatic heterocycles. The van der Waals surface area contributed by atoms with E-state index in [1.54, 1.807) is 7.11 Å². The fraction of sp³-hybridized carbons (Fsp3) is 0.524. The second-order valence-electron chi connectivity index (χ2n) is 7.69. The number of nitrogens with zero attached hydrogens (tertiary/aromatic N) is 4. The van der Waals surface area contributed by atoms with Crippen LogP contribution in [0.1, 0.15) is 30.5 Å². The van der Waals surface area contributed by atoms with E-state index in [9.17, 15) is 13.2 Å². The average Bonchev–Trinajstić information content (AvgIpc) is 3.10. The van der Waals surface area contributed by atoms with E-state index in [0.29, 0.717) is 53.2 Å². The van der Waals surface area contributed by atoms with E-state index < -0.39 is 11.2 Å². The van der Waals surface area contributed by atoms with Crippen LogP contribution in [0.2, 0.25) is 0 Å². The number of piperazine rings is 1. The van der Waals surface area contributed by atoms with Crippen LogP contribution >= 0.6 is 11.3 Å². The Kier molecular flexibility index (Phi) is 6.49.